The monoisotopic (exact) mass is 272 g/mol. The summed E-state index contributed by atoms with van der Waals surface area (Å²) in [5.41, 5.74) is 2.38. The van der Waals surface area contributed by atoms with Crippen molar-refractivity contribution in [2.45, 2.75) is 19.9 Å². The number of carboxylic acids is 1. The van der Waals surface area contributed by atoms with Gasteiger partial charge in [0.1, 0.15) is 0 Å². The van der Waals surface area contributed by atoms with Crippen molar-refractivity contribution in [3.8, 4) is 11.3 Å². The van der Waals surface area contributed by atoms with Gasteiger partial charge < -0.3 is 9.67 Å². The number of nitrogens with zero attached hydrogens (tertiary/aromatic N) is 2. The third kappa shape index (κ3) is 1.74. The van der Waals surface area contributed by atoms with E-state index in [1.54, 1.807) is 25.1 Å². The Morgan fingerprint density at radius 2 is 2.30 bits per heavy atom. The molecule has 0 saturated carbocycles. The lowest BCUT2D eigenvalue weighted by atomic mass is 10.1. The lowest BCUT2D eigenvalue weighted by Crippen LogP contribution is -2.08. The normalized spacial score (nSPS) is 13.3. The van der Waals surface area contributed by atoms with Gasteiger partial charge in [0.25, 0.3) is 0 Å². The quantitative estimate of drug-likeness (QED) is 0.855. The third-order valence-electron chi connectivity index (χ3n) is 3.57. The minimum Gasteiger partial charge on any atom is -0.478 e. The summed E-state index contributed by atoms with van der Waals surface area (Å²) in [6.45, 7) is 2.36. The lowest BCUT2D eigenvalue weighted by Gasteiger charge is -2.14. The molecule has 0 radical (unpaired) electrons. The summed E-state index contributed by atoms with van der Waals surface area (Å²) in [6, 6.07) is 3.28. The van der Waals surface area contributed by atoms with Gasteiger partial charge in [-0.25, -0.2) is 9.78 Å². The molecule has 0 aliphatic carbocycles. The maximum Gasteiger partial charge on any atom is 0.338 e. The molecule has 3 rings (SSSR count). The van der Waals surface area contributed by atoms with Crippen molar-refractivity contribution in [3.63, 3.8) is 0 Å². The Morgan fingerprint density at radius 1 is 1.50 bits per heavy atom. The van der Waals surface area contributed by atoms with Crippen LogP contribution in [-0.4, -0.2) is 20.6 Å². The van der Waals surface area contributed by atoms with Gasteiger partial charge in [-0.2, -0.15) is 4.39 Å². The predicted molar refractivity (Wildman–Crippen MR) is 73.0 cm³/mol. The van der Waals surface area contributed by atoms with Crippen LogP contribution in [-0.2, 0) is 6.54 Å². The maximum absolute atomic E-state index is 13.9. The van der Waals surface area contributed by atoms with Crippen molar-refractivity contribution in [2.75, 3.05) is 0 Å². The fourth-order valence-corrected chi connectivity index (χ4v) is 2.75. The summed E-state index contributed by atoms with van der Waals surface area (Å²) in [6.07, 6.45) is 5.91. The first-order chi connectivity index (χ1) is 9.61. The molecule has 102 valence electrons. The van der Waals surface area contributed by atoms with Crippen LogP contribution in [0.2, 0.25) is 0 Å². The standard InChI is InChI=1S/C15H13FN2O2/c1-9-12(15(19)20)11-6-2-3-8-18(11)13(9)10-5-4-7-17-14(10)16/h2,4-7H,3,8H2,1H3,(H,19,20). The Balaban J connectivity index is 2.35. The number of pyridine rings is 1. The Kier molecular flexibility index (Phi) is 2.89. The summed E-state index contributed by atoms with van der Waals surface area (Å²) < 4.78 is 15.8. The molecule has 5 heteroatoms. The van der Waals surface area contributed by atoms with Crippen molar-refractivity contribution in [3.05, 3.63) is 47.2 Å². The summed E-state index contributed by atoms with van der Waals surface area (Å²) in [7, 11) is 0. The predicted octanol–water partition coefficient (Wildman–Crippen LogP) is 3.11. The van der Waals surface area contributed by atoms with E-state index in [4.69, 9.17) is 0 Å². The highest BCUT2D eigenvalue weighted by atomic mass is 19.1. The van der Waals surface area contributed by atoms with Crippen LogP contribution in [0, 0.1) is 12.9 Å². The molecule has 2 aromatic rings. The minimum atomic E-state index is -0.992. The first-order valence-electron chi connectivity index (χ1n) is 6.35. The van der Waals surface area contributed by atoms with Gasteiger partial charge in [-0.15, -0.1) is 0 Å². The minimum absolute atomic E-state index is 0.235. The molecule has 0 aromatic carbocycles. The van der Waals surface area contributed by atoms with Crippen molar-refractivity contribution in [1.29, 1.82) is 0 Å². The highest BCUT2D eigenvalue weighted by molar-refractivity contribution is 5.96. The maximum atomic E-state index is 13.9. The topological polar surface area (TPSA) is 55.1 Å². The van der Waals surface area contributed by atoms with Crippen molar-refractivity contribution >= 4 is 12.0 Å². The second kappa shape index (κ2) is 4.59. The number of aromatic nitrogens is 2. The number of fused-ring (bicyclic) bond motifs is 1. The molecule has 2 aromatic heterocycles. The van der Waals surface area contributed by atoms with E-state index in [1.807, 2.05) is 10.6 Å². The molecule has 0 spiro atoms. The lowest BCUT2D eigenvalue weighted by molar-refractivity contribution is 0.0696. The van der Waals surface area contributed by atoms with Gasteiger partial charge in [-0.3, -0.25) is 0 Å². The Hall–Kier alpha value is -2.43. The van der Waals surface area contributed by atoms with Crippen LogP contribution in [0.5, 0.6) is 0 Å². The average molecular weight is 272 g/mol. The highest BCUT2D eigenvalue weighted by Crippen LogP contribution is 2.34. The zero-order valence-corrected chi connectivity index (χ0v) is 10.9. The number of carbonyl (C=O) groups is 1. The van der Waals surface area contributed by atoms with Crippen LogP contribution in [0.1, 0.15) is 28.0 Å². The first-order valence-corrected chi connectivity index (χ1v) is 6.35. The molecule has 0 atom stereocenters. The molecular formula is C15H13FN2O2. The summed E-state index contributed by atoms with van der Waals surface area (Å²) in [5, 5.41) is 9.39. The van der Waals surface area contributed by atoms with Gasteiger partial charge in [0.15, 0.2) is 0 Å². The van der Waals surface area contributed by atoms with E-state index in [1.165, 1.54) is 6.20 Å². The molecule has 3 heterocycles. The number of halogens is 1. The fraction of sp³-hybridized carbons (Fsp3) is 0.200. The van der Waals surface area contributed by atoms with Crippen LogP contribution in [0.25, 0.3) is 17.3 Å². The fourth-order valence-electron chi connectivity index (χ4n) is 2.75. The van der Waals surface area contributed by atoms with Crippen LogP contribution in [0.15, 0.2) is 24.4 Å². The summed E-state index contributed by atoms with van der Waals surface area (Å²) in [5.74, 6) is -1.57. The number of allylic oxidation sites excluding steroid dienone is 1. The van der Waals surface area contributed by atoms with Crippen molar-refractivity contribution in [2.24, 2.45) is 0 Å². The SMILES string of the molecule is Cc1c(C(=O)O)c2n(c1-c1cccnc1F)CCC=C2. The smallest absolute Gasteiger partial charge is 0.338 e. The first kappa shape index (κ1) is 12.6. The van der Waals surface area contributed by atoms with Crippen molar-refractivity contribution < 1.29 is 14.3 Å². The third-order valence-corrected chi connectivity index (χ3v) is 3.57. The second-order valence-electron chi connectivity index (χ2n) is 4.72. The van der Waals surface area contributed by atoms with Gasteiger partial charge in [0, 0.05) is 12.7 Å². The molecule has 20 heavy (non-hydrogen) atoms. The molecule has 1 N–H and O–H groups in total. The summed E-state index contributed by atoms with van der Waals surface area (Å²) in [4.78, 5) is 15.1. The molecule has 4 nitrogen and oxygen atoms in total. The van der Waals surface area contributed by atoms with E-state index in [0.717, 1.165) is 6.42 Å². The zero-order valence-electron chi connectivity index (χ0n) is 10.9. The van der Waals surface area contributed by atoms with Crippen LogP contribution in [0.4, 0.5) is 4.39 Å². The largest absolute Gasteiger partial charge is 0.478 e. The van der Waals surface area contributed by atoms with Gasteiger partial charge >= 0.3 is 5.97 Å². The molecule has 1 aliphatic heterocycles. The van der Waals surface area contributed by atoms with E-state index in [0.29, 0.717) is 29.1 Å². The Bertz CT molecular complexity index is 732. The van der Waals surface area contributed by atoms with Crippen molar-refractivity contribution in [1.82, 2.24) is 9.55 Å². The van der Waals surface area contributed by atoms with Crippen LogP contribution >= 0.6 is 0 Å². The van der Waals surface area contributed by atoms with E-state index in [9.17, 15) is 14.3 Å². The number of hydrogen-bond acceptors (Lipinski definition) is 2. The number of hydrogen-bond donors (Lipinski definition) is 1. The van der Waals surface area contributed by atoms with E-state index in [2.05, 4.69) is 4.98 Å². The van der Waals surface area contributed by atoms with Crippen LogP contribution < -0.4 is 0 Å². The molecular weight excluding hydrogens is 259 g/mol. The second-order valence-corrected chi connectivity index (χ2v) is 4.72. The molecule has 0 bridgehead atoms. The highest BCUT2D eigenvalue weighted by Gasteiger charge is 2.26. The van der Waals surface area contributed by atoms with Gasteiger partial charge in [0.2, 0.25) is 5.95 Å². The van der Waals surface area contributed by atoms with Gasteiger partial charge in [-0.1, -0.05) is 6.08 Å². The van der Waals surface area contributed by atoms with E-state index >= 15 is 0 Å². The number of carboxylic acid groups (broad SMARTS) is 1. The van der Waals surface area contributed by atoms with Gasteiger partial charge in [0.05, 0.1) is 22.5 Å². The Labute approximate surface area is 115 Å². The van der Waals surface area contributed by atoms with Gasteiger partial charge in [-0.05, 0) is 37.1 Å². The molecule has 0 fully saturated rings. The zero-order chi connectivity index (χ0) is 14.3. The Morgan fingerprint density at radius 3 is 3.00 bits per heavy atom. The van der Waals surface area contributed by atoms with E-state index in [-0.39, 0.29) is 5.56 Å². The number of aromatic carboxylic acids is 1. The van der Waals surface area contributed by atoms with E-state index < -0.39 is 11.9 Å². The molecule has 0 amide bonds. The average Bonchev–Trinajstić information content (AvgIpc) is 2.71. The molecule has 0 unspecified atom stereocenters. The molecule has 1 aliphatic rings. The summed E-state index contributed by atoms with van der Waals surface area (Å²) >= 11 is 0. The molecule has 0 saturated heterocycles. The van der Waals surface area contributed by atoms with Crippen LogP contribution in [0.3, 0.4) is 0 Å². The number of rotatable bonds is 2.